The maximum Gasteiger partial charge on any atom is 0.203 e. The molecule has 0 saturated heterocycles. The van der Waals surface area contributed by atoms with Crippen molar-refractivity contribution in [2.75, 3.05) is 21.3 Å². The van der Waals surface area contributed by atoms with Crippen molar-refractivity contribution in [1.82, 2.24) is 0 Å². The molecule has 0 aliphatic heterocycles. The van der Waals surface area contributed by atoms with Crippen LogP contribution in [0.15, 0.2) is 17.7 Å². The predicted octanol–water partition coefficient (Wildman–Crippen LogP) is 2.14. The van der Waals surface area contributed by atoms with E-state index in [1.165, 1.54) is 27.4 Å². The molecule has 0 bridgehead atoms. The first-order valence-corrected chi connectivity index (χ1v) is 5.02. The van der Waals surface area contributed by atoms with E-state index in [-0.39, 0.29) is 5.57 Å². The molecule has 0 aromatic heterocycles. The number of methoxy groups -OCH3 is 3. The molecule has 0 N–H and O–H groups in total. The van der Waals surface area contributed by atoms with E-state index in [0.29, 0.717) is 22.8 Å². The molecule has 0 fully saturated rings. The van der Waals surface area contributed by atoms with Gasteiger partial charge in [0, 0.05) is 5.56 Å². The van der Waals surface area contributed by atoms with Gasteiger partial charge in [0.25, 0.3) is 0 Å². The molecule has 0 aliphatic carbocycles. The second-order valence-corrected chi connectivity index (χ2v) is 3.21. The summed E-state index contributed by atoms with van der Waals surface area (Å²) in [7, 11) is 4.49. The molecule has 1 aromatic rings. The molecule has 0 aliphatic rings. The zero-order chi connectivity index (χ0) is 13.5. The fraction of sp³-hybridized carbons (Fsp3) is 0.231. The smallest absolute Gasteiger partial charge is 0.203 e. The Bertz CT molecular complexity index is 535. The van der Waals surface area contributed by atoms with Crippen molar-refractivity contribution in [3.05, 3.63) is 23.3 Å². The van der Waals surface area contributed by atoms with Crippen molar-refractivity contribution < 1.29 is 14.2 Å². The van der Waals surface area contributed by atoms with Crippen molar-refractivity contribution in [3.8, 4) is 29.4 Å². The summed E-state index contributed by atoms with van der Waals surface area (Å²) in [5.74, 6) is 1.35. The summed E-state index contributed by atoms with van der Waals surface area (Å²) in [5, 5.41) is 17.5. The number of allylic oxidation sites excluding steroid dienone is 1. The van der Waals surface area contributed by atoms with Gasteiger partial charge >= 0.3 is 0 Å². The van der Waals surface area contributed by atoms with Gasteiger partial charge in [0.05, 0.1) is 21.3 Å². The van der Waals surface area contributed by atoms with Crippen molar-refractivity contribution >= 4 is 6.08 Å². The summed E-state index contributed by atoms with van der Waals surface area (Å²) < 4.78 is 15.6. The second-order valence-electron chi connectivity index (χ2n) is 3.21. The third-order valence-corrected chi connectivity index (χ3v) is 2.28. The molecule has 0 amide bonds. The van der Waals surface area contributed by atoms with E-state index in [0.717, 1.165) is 0 Å². The summed E-state index contributed by atoms with van der Waals surface area (Å²) in [6.07, 6.45) is 1.43. The minimum absolute atomic E-state index is 0.0134. The highest BCUT2D eigenvalue weighted by Gasteiger charge is 2.14. The summed E-state index contributed by atoms with van der Waals surface area (Å²) >= 11 is 0. The molecule has 0 unspecified atom stereocenters. The highest BCUT2D eigenvalue weighted by Crippen LogP contribution is 2.40. The Morgan fingerprint density at radius 1 is 1.00 bits per heavy atom. The number of nitriles is 2. The normalized spacial score (nSPS) is 8.72. The molecule has 92 valence electrons. The number of rotatable bonds is 4. The Labute approximate surface area is 105 Å². The number of hydrogen-bond donors (Lipinski definition) is 0. The first-order valence-electron chi connectivity index (χ1n) is 5.02. The van der Waals surface area contributed by atoms with Gasteiger partial charge in [0.15, 0.2) is 11.5 Å². The molecule has 1 aromatic carbocycles. The van der Waals surface area contributed by atoms with E-state index in [1.807, 2.05) is 0 Å². The maximum atomic E-state index is 8.74. The number of hydrogen-bond acceptors (Lipinski definition) is 5. The monoisotopic (exact) mass is 244 g/mol. The van der Waals surface area contributed by atoms with Gasteiger partial charge in [0.2, 0.25) is 5.75 Å². The zero-order valence-corrected chi connectivity index (χ0v) is 10.4. The number of benzene rings is 1. The topological polar surface area (TPSA) is 75.3 Å². The lowest BCUT2D eigenvalue weighted by Gasteiger charge is -2.13. The standard InChI is InChI=1S/C13H12N2O3/c1-16-11-5-4-10(6-9(7-14)8-15)12(17-2)13(11)18-3/h4-6H,1-3H3. The SMILES string of the molecule is COc1ccc(C=C(C#N)C#N)c(OC)c1OC. The molecule has 0 radical (unpaired) electrons. The molecule has 5 heteroatoms. The highest BCUT2D eigenvalue weighted by molar-refractivity contribution is 5.71. The third kappa shape index (κ3) is 2.53. The number of nitrogens with zero attached hydrogens (tertiary/aromatic N) is 2. The Hall–Kier alpha value is -2.66. The molecule has 18 heavy (non-hydrogen) atoms. The summed E-state index contributed by atoms with van der Waals surface area (Å²) in [6, 6.07) is 6.95. The minimum atomic E-state index is -0.0134. The maximum absolute atomic E-state index is 8.74. The third-order valence-electron chi connectivity index (χ3n) is 2.28. The van der Waals surface area contributed by atoms with Crippen molar-refractivity contribution in [2.45, 2.75) is 0 Å². The first-order chi connectivity index (χ1) is 8.71. The second kappa shape index (κ2) is 6.17. The van der Waals surface area contributed by atoms with Crippen LogP contribution in [0.4, 0.5) is 0 Å². The van der Waals surface area contributed by atoms with Gasteiger partial charge in [-0.1, -0.05) is 0 Å². The first kappa shape index (κ1) is 13.4. The van der Waals surface area contributed by atoms with Crippen molar-refractivity contribution in [1.29, 1.82) is 10.5 Å². The van der Waals surface area contributed by atoms with Crippen LogP contribution in [0, 0.1) is 22.7 Å². The fourth-order valence-electron chi connectivity index (χ4n) is 1.48. The van der Waals surface area contributed by atoms with Crippen LogP contribution >= 0.6 is 0 Å². The van der Waals surface area contributed by atoms with Crippen LogP contribution in [0.3, 0.4) is 0 Å². The quantitative estimate of drug-likeness (QED) is 0.758. The Kier molecular flexibility index (Phi) is 4.59. The van der Waals surface area contributed by atoms with Crippen LogP contribution in [0.2, 0.25) is 0 Å². The van der Waals surface area contributed by atoms with Crippen LogP contribution in [-0.2, 0) is 0 Å². The van der Waals surface area contributed by atoms with E-state index < -0.39 is 0 Å². The molecule has 0 heterocycles. The number of ether oxygens (including phenoxy) is 3. The molecular weight excluding hydrogens is 232 g/mol. The lowest BCUT2D eigenvalue weighted by molar-refractivity contribution is 0.324. The van der Waals surface area contributed by atoms with E-state index in [2.05, 4.69) is 0 Å². The summed E-state index contributed by atoms with van der Waals surface area (Å²) in [6.45, 7) is 0. The Balaban J connectivity index is 3.45. The van der Waals surface area contributed by atoms with Gasteiger partial charge in [-0.15, -0.1) is 0 Å². The average molecular weight is 244 g/mol. The highest BCUT2D eigenvalue weighted by atomic mass is 16.5. The van der Waals surface area contributed by atoms with Crippen LogP contribution in [0.5, 0.6) is 17.2 Å². The van der Waals surface area contributed by atoms with Gasteiger partial charge in [-0.05, 0) is 18.2 Å². The Morgan fingerprint density at radius 3 is 2.06 bits per heavy atom. The Morgan fingerprint density at radius 2 is 1.61 bits per heavy atom. The van der Waals surface area contributed by atoms with Gasteiger partial charge in [-0.3, -0.25) is 0 Å². The van der Waals surface area contributed by atoms with Gasteiger partial charge in [0.1, 0.15) is 17.7 Å². The fourth-order valence-corrected chi connectivity index (χ4v) is 1.48. The molecule has 0 atom stereocenters. The molecule has 0 saturated carbocycles. The molecular formula is C13H12N2O3. The molecule has 1 rings (SSSR count). The zero-order valence-electron chi connectivity index (χ0n) is 10.4. The largest absolute Gasteiger partial charge is 0.493 e. The van der Waals surface area contributed by atoms with E-state index in [1.54, 1.807) is 24.3 Å². The van der Waals surface area contributed by atoms with Crippen LogP contribution in [-0.4, -0.2) is 21.3 Å². The van der Waals surface area contributed by atoms with Crippen LogP contribution in [0.1, 0.15) is 5.56 Å². The van der Waals surface area contributed by atoms with Gasteiger partial charge in [-0.25, -0.2) is 0 Å². The van der Waals surface area contributed by atoms with Gasteiger partial charge < -0.3 is 14.2 Å². The van der Waals surface area contributed by atoms with E-state index in [9.17, 15) is 0 Å². The lowest BCUT2D eigenvalue weighted by Crippen LogP contribution is -1.96. The van der Waals surface area contributed by atoms with Crippen molar-refractivity contribution in [2.24, 2.45) is 0 Å². The summed E-state index contributed by atoms with van der Waals surface area (Å²) in [4.78, 5) is 0. The van der Waals surface area contributed by atoms with Crippen LogP contribution < -0.4 is 14.2 Å². The van der Waals surface area contributed by atoms with E-state index >= 15 is 0 Å². The molecule has 5 nitrogen and oxygen atoms in total. The average Bonchev–Trinajstić information content (AvgIpc) is 2.43. The lowest BCUT2D eigenvalue weighted by atomic mass is 10.1. The van der Waals surface area contributed by atoms with Crippen molar-refractivity contribution in [3.63, 3.8) is 0 Å². The minimum Gasteiger partial charge on any atom is -0.493 e. The van der Waals surface area contributed by atoms with E-state index in [4.69, 9.17) is 24.7 Å². The van der Waals surface area contributed by atoms with Crippen LogP contribution in [0.25, 0.3) is 6.08 Å². The molecule has 0 spiro atoms. The predicted molar refractivity (Wildman–Crippen MR) is 65.3 cm³/mol. The summed E-state index contributed by atoms with van der Waals surface area (Å²) in [5.41, 5.74) is 0.564. The van der Waals surface area contributed by atoms with Gasteiger partial charge in [-0.2, -0.15) is 10.5 Å².